The average molecular weight is 449 g/mol. The van der Waals surface area contributed by atoms with Gasteiger partial charge in [0.1, 0.15) is 0 Å². The van der Waals surface area contributed by atoms with Crippen LogP contribution in [-0.2, 0) is 21.2 Å². The lowest BCUT2D eigenvalue weighted by molar-refractivity contribution is -0.115. The Hall–Kier alpha value is -2.54. The minimum atomic E-state index is -3.81. The molecular weight excluding hydrogens is 431 g/mol. The summed E-state index contributed by atoms with van der Waals surface area (Å²) in [4.78, 5) is 12.3. The minimum absolute atomic E-state index is 0.00795. The monoisotopic (exact) mass is 448 g/mol. The van der Waals surface area contributed by atoms with Gasteiger partial charge in [0.2, 0.25) is 5.91 Å². The van der Waals surface area contributed by atoms with Crippen molar-refractivity contribution in [1.29, 1.82) is 0 Å². The fourth-order valence-electron chi connectivity index (χ4n) is 2.64. The minimum Gasteiger partial charge on any atom is -0.326 e. The van der Waals surface area contributed by atoms with E-state index in [0.717, 1.165) is 16.8 Å². The van der Waals surface area contributed by atoms with Gasteiger partial charge < -0.3 is 5.32 Å². The molecule has 0 atom stereocenters. The predicted octanol–water partition coefficient (Wildman–Crippen LogP) is 5.28. The van der Waals surface area contributed by atoms with Crippen LogP contribution in [-0.4, -0.2) is 14.3 Å². The predicted molar refractivity (Wildman–Crippen MR) is 117 cm³/mol. The van der Waals surface area contributed by atoms with E-state index in [0.29, 0.717) is 5.69 Å². The number of rotatable bonds is 6. The first-order valence-corrected chi connectivity index (χ1v) is 10.9. The zero-order valence-corrected chi connectivity index (χ0v) is 17.8. The number of sulfonamides is 1. The number of hydrogen-bond acceptors (Lipinski definition) is 3. The summed E-state index contributed by atoms with van der Waals surface area (Å²) in [5.41, 5.74) is 2.88. The number of nitrogens with one attached hydrogen (secondary N) is 2. The molecule has 5 nitrogen and oxygen atoms in total. The molecular formula is C21H18Cl2N2O3S. The molecule has 0 heterocycles. The van der Waals surface area contributed by atoms with Crippen LogP contribution < -0.4 is 10.0 Å². The third-order valence-electron chi connectivity index (χ3n) is 4.19. The van der Waals surface area contributed by atoms with E-state index in [-0.39, 0.29) is 27.3 Å². The molecule has 0 aliphatic carbocycles. The Morgan fingerprint density at radius 1 is 0.931 bits per heavy atom. The third kappa shape index (κ3) is 5.50. The first-order chi connectivity index (χ1) is 13.7. The van der Waals surface area contributed by atoms with Crippen molar-refractivity contribution >= 4 is 50.5 Å². The van der Waals surface area contributed by atoms with Crippen molar-refractivity contribution in [2.75, 3.05) is 10.0 Å². The van der Waals surface area contributed by atoms with Gasteiger partial charge in [0.05, 0.1) is 21.4 Å². The van der Waals surface area contributed by atoms with Crippen LogP contribution in [0.2, 0.25) is 10.0 Å². The van der Waals surface area contributed by atoms with Crippen molar-refractivity contribution in [3.63, 3.8) is 0 Å². The highest BCUT2D eigenvalue weighted by molar-refractivity contribution is 7.92. The summed E-state index contributed by atoms with van der Waals surface area (Å²) < 4.78 is 27.5. The van der Waals surface area contributed by atoms with Crippen molar-refractivity contribution < 1.29 is 13.2 Å². The molecule has 0 spiro atoms. The van der Waals surface area contributed by atoms with Crippen LogP contribution in [0.25, 0.3) is 0 Å². The molecule has 150 valence electrons. The van der Waals surface area contributed by atoms with Gasteiger partial charge in [0.25, 0.3) is 10.0 Å². The van der Waals surface area contributed by atoms with Crippen LogP contribution in [0.15, 0.2) is 71.6 Å². The highest BCUT2D eigenvalue weighted by atomic mass is 35.5. The Labute approximate surface area is 179 Å². The molecule has 0 saturated heterocycles. The average Bonchev–Trinajstić information content (AvgIpc) is 2.67. The second-order valence-electron chi connectivity index (χ2n) is 6.42. The van der Waals surface area contributed by atoms with Gasteiger partial charge in [-0.2, -0.15) is 0 Å². The van der Waals surface area contributed by atoms with E-state index in [1.807, 2.05) is 31.2 Å². The zero-order valence-electron chi connectivity index (χ0n) is 15.4. The van der Waals surface area contributed by atoms with Crippen LogP contribution in [0.5, 0.6) is 0 Å². The molecule has 1 amide bonds. The third-order valence-corrected chi connectivity index (χ3v) is 6.31. The number of aryl methyl sites for hydroxylation is 1. The van der Waals surface area contributed by atoms with Crippen molar-refractivity contribution in [3.05, 3.63) is 87.9 Å². The highest BCUT2D eigenvalue weighted by Crippen LogP contribution is 2.26. The number of anilines is 2. The number of benzene rings is 3. The normalized spacial score (nSPS) is 11.1. The van der Waals surface area contributed by atoms with E-state index < -0.39 is 10.0 Å². The second-order valence-corrected chi connectivity index (χ2v) is 8.92. The van der Waals surface area contributed by atoms with Gasteiger partial charge in [-0.3, -0.25) is 9.52 Å². The van der Waals surface area contributed by atoms with Crippen molar-refractivity contribution in [2.45, 2.75) is 18.2 Å². The summed E-state index contributed by atoms with van der Waals surface area (Å²) >= 11 is 11.7. The summed E-state index contributed by atoms with van der Waals surface area (Å²) in [6.45, 7) is 1.92. The van der Waals surface area contributed by atoms with Crippen LogP contribution >= 0.6 is 23.2 Å². The maximum absolute atomic E-state index is 12.5. The summed E-state index contributed by atoms with van der Waals surface area (Å²) in [5.74, 6) is -0.150. The lowest BCUT2D eigenvalue weighted by atomic mass is 10.1. The van der Waals surface area contributed by atoms with Gasteiger partial charge in [-0.25, -0.2) is 8.42 Å². The molecule has 0 radical (unpaired) electrons. The first kappa shape index (κ1) is 21.2. The number of para-hydroxylation sites is 1. The Bertz CT molecular complexity index is 1150. The molecule has 0 fully saturated rings. The molecule has 0 aliphatic heterocycles. The summed E-state index contributed by atoms with van der Waals surface area (Å²) in [5, 5.41) is 3.30. The van der Waals surface area contributed by atoms with Crippen LogP contribution in [0.1, 0.15) is 11.1 Å². The Morgan fingerprint density at radius 3 is 2.28 bits per heavy atom. The van der Waals surface area contributed by atoms with Gasteiger partial charge in [-0.05, 0) is 54.4 Å². The van der Waals surface area contributed by atoms with Gasteiger partial charge in [-0.15, -0.1) is 0 Å². The molecule has 0 saturated carbocycles. The topological polar surface area (TPSA) is 75.3 Å². The van der Waals surface area contributed by atoms with Crippen molar-refractivity contribution in [1.82, 2.24) is 0 Å². The number of carbonyl (C=O) groups excluding carboxylic acids is 1. The Kier molecular flexibility index (Phi) is 6.47. The lowest BCUT2D eigenvalue weighted by Crippen LogP contribution is -2.15. The van der Waals surface area contributed by atoms with Crippen LogP contribution in [0.4, 0.5) is 11.4 Å². The molecule has 0 unspecified atom stereocenters. The fraction of sp³-hybridized carbons (Fsp3) is 0.0952. The smallest absolute Gasteiger partial charge is 0.261 e. The molecule has 0 aliphatic rings. The van der Waals surface area contributed by atoms with E-state index in [1.54, 1.807) is 24.3 Å². The molecule has 3 rings (SSSR count). The quantitative estimate of drug-likeness (QED) is 0.538. The number of amides is 1. The van der Waals surface area contributed by atoms with E-state index in [1.165, 1.54) is 18.2 Å². The van der Waals surface area contributed by atoms with Crippen LogP contribution in [0.3, 0.4) is 0 Å². The molecule has 0 bridgehead atoms. The number of halogens is 2. The van der Waals surface area contributed by atoms with Crippen molar-refractivity contribution in [2.24, 2.45) is 0 Å². The zero-order chi connectivity index (χ0) is 21.0. The molecule has 29 heavy (non-hydrogen) atoms. The number of hydrogen-bond donors (Lipinski definition) is 2. The van der Waals surface area contributed by atoms with Crippen LogP contribution in [0, 0.1) is 6.92 Å². The Balaban J connectivity index is 1.66. The fourth-order valence-corrected chi connectivity index (χ4v) is 4.09. The maximum atomic E-state index is 12.5. The molecule has 3 aromatic rings. The molecule has 2 N–H and O–H groups in total. The summed E-state index contributed by atoms with van der Waals surface area (Å²) in [6.07, 6.45) is 0.175. The van der Waals surface area contributed by atoms with Gasteiger partial charge >= 0.3 is 0 Å². The van der Waals surface area contributed by atoms with Gasteiger partial charge in [-0.1, -0.05) is 53.5 Å². The number of carbonyl (C=O) groups is 1. The van der Waals surface area contributed by atoms with Crippen molar-refractivity contribution in [3.8, 4) is 0 Å². The maximum Gasteiger partial charge on any atom is 0.261 e. The second kappa shape index (κ2) is 8.86. The first-order valence-electron chi connectivity index (χ1n) is 8.67. The Morgan fingerprint density at radius 2 is 1.62 bits per heavy atom. The van der Waals surface area contributed by atoms with E-state index in [4.69, 9.17) is 23.2 Å². The summed E-state index contributed by atoms with van der Waals surface area (Å²) in [7, 11) is -3.81. The van der Waals surface area contributed by atoms with Gasteiger partial charge in [0, 0.05) is 11.4 Å². The van der Waals surface area contributed by atoms with E-state index >= 15 is 0 Å². The summed E-state index contributed by atoms with van der Waals surface area (Å²) in [6, 6.07) is 18.2. The SMILES string of the molecule is Cc1ccccc1NC(=O)Cc1ccc(NS(=O)(=O)c2ccc(Cl)c(Cl)c2)cc1. The molecule has 3 aromatic carbocycles. The van der Waals surface area contributed by atoms with E-state index in [9.17, 15) is 13.2 Å². The lowest BCUT2D eigenvalue weighted by Gasteiger charge is -2.10. The highest BCUT2D eigenvalue weighted by Gasteiger charge is 2.16. The van der Waals surface area contributed by atoms with Gasteiger partial charge in [0.15, 0.2) is 0 Å². The molecule has 8 heteroatoms. The van der Waals surface area contributed by atoms with E-state index in [2.05, 4.69) is 10.0 Å². The largest absolute Gasteiger partial charge is 0.326 e. The standard InChI is InChI=1S/C21H18Cl2N2O3S/c1-14-4-2-3-5-20(14)24-21(26)12-15-6-8-16(9-7-15)25-29(27,28)17-10-11-18(22)19(23)13-17/h2-11,13,25H,12H2,1H3,(H,24,26). The molecule has 0 aromatic heterocycles.